The molecule has 0 unspecified atom stereocenters. The summed E-state index contributed by atoms with van der Waals surface area (Å²) in [5.74, 6) is 0.607. The Morgan fingerprint density at radius 3 is 2.47 bits per heavy atom. The van der Waals surface area contributed by atoms with E-state index in [9.17, 15) is 13.2 Å². The Balaban J connectivity index is 1.56. The summed E-state index contributed by atoms with van der Waals surface area (Å²) in [6.45, 7) is 7.77. The summed E-state index contributed by atoms with van der Waals surface area (Å²) in [6, 6.07) is 8.46. The number of likely N-dealkylation sites (tertiary alicyclic amines) is 1. The summed E-state index contributed by atoms with van der Waals surface area (Å²) in [6.07, 6.45) is 3.28. The molecular formula is C24H34N6O3S. The molecule has 0 spiro atoms. The Bertz CT molecular complexity index is 1160. The van der Waals surface area contributed by atoms with Crippen molar-refractivity contribution in [3.05, 3.63) is 36.5 Å². The van der Waals surface area contributed by atoms with Crippen molar-refractivity contribution in [2.24, 2.45) is 0 Å². The van der Waals surface area contributed by atoms with Crippen LogP contribution in [0.2, 0.25) is 0 Å². The number of hydrogen-bond acceptors (Lipinski definition) is 7. The van der Waals surface area contributed by atoms with Gasteiger partial charge in [-0.3, -0.25) is 4.79 Å². The molecule has 0 radical (unpaired) electrons. The second kappa shape index (κ2) is 9.52. The third-order valence-electron chi connectivity index (χ3n) is 6.62. The zero-order valence-corrected chi connectivity index (χ0v) is 21.3. The molecule has 2 aliphatic heterocycles. The van der Waals surface area contributed by atoms with Gasteiger partial charge in [-0.15, -0.1) is 0 Å². The van der Waals surface area contributed by atoms with Crippen molar-refractivity contribution in [3.8, 4) is 0 Å². The van der Waals surface area contributed by atoms with E-state index in [1.54, 1.807) is 36.3 Å². The maximum atomic E-state index is 13.0. The number of likely N-dealkylation sites (N-methyl/N-ethyl adjacent to an activating group) is 1. The third-order valence-corrected chi connectivity index (χ3v) is 8.14. The lowest BCUT2D eigenvalue weighted by molar-refractivity contribution is -0.119. The molecule has 0 saturated carbocycles. The van der Waals surface area contributed by atoms with Crippen molar-refractivity contribution in [2.45, 2.75) is 56.6 Å². The summed E-state index contributed by atoms with van der Waals surface area (Å²) in [4.78, 5) is 23.3. The molecule has 2 aliphatic rings. The molecule has 0 bridgehead atoms. The summed E-state index contributed by atoms with van der Waals surface area (Å²) in [5.41, 5.74) is 2.29. The Morgan fingerprint density at radius 2 is 1.79 bits per heavy atom. The molecule has 1 amide bonds. The standard InChI is InChI=1S/C24H34N6O3S/c1-16(2)30-17(3)24(31)29(5)22-15-25-23(14-21(22)30)26-19-7-6-8-20(13-19)34(32,33)27-18-9-11-28(4)12-10-18/h6-8,13-18,27H,9-12H2,1-5H3,(H,25,26)/t17-/m0/s1. The van der Waals surface area contributed by atoms with E-state index < -0.39 is 10.0 Å². The molecule has 1 aromatic heterocycles. The van der Waals surface area contributed by atoms with Crippen LogP contribution in [0.3, 0.4) is 0 Å². The number of fused-ring (bicyclic) bond motifs is 1. The fourth-order valence-electron chi connectivity index (χ4n) is 4.73. The lowest BCUT2D eigenvalue weighted by atomic mass is 10.1. The summed E-state index contributed by atoms with van der Waals surface area (Å²) in [7, 11) is 0.178. The summed E-state index contributed by atoms with van der Waals surface area (Å²) >= 11 is 0. The van der Waals surface area contributed by atoms with E-state index in [2.05, 4.69) is 38.7 Å². The second-order valence-corrected chi connectivity index (χ2v) is 11.2. The quantitative estimate of drug-likeness (QED) is 0.648. The molecule has 2 N–H and O–H groups in total. The van der Waals surface area contributed by atoms with E-state index in [0.29, 0.717) is 11.5 Å². The molecule has 1 aromatic carbocycles. The molecule has 9 nitrogen and oxygen atoms in total. The van der Waals surface area contributed by atoms with Gasteiger partial charge in [-0.2, -0.15) is 0 Å². The number of piperidine rings is 1. The SMILES string of the molecule is CC(C)N1c2cc(Nc3cccc(S(=O)(=O)NC4CCN(C)CC4)c3)ncc2N(C)C(=O)[C@@H]1C. The number of aromatic nitrogens is 1. The zero-order chi connectivity index (χ0) is 24.6. The van der Waals surface area contributed by atoms with Gasteiger partial charge in [-0.25, -0.2) is 18.1 Å². The lowest BCUT2D eigenvalue weighted by Gasteiger charge is -2.42. The maximum absolute atomic E-state index is 13.0. The van der Waals surface area contributed by atoms with E-state index in [-0.39, 0.29) is 28.9 Å². The van der Waals surface area contributed by atoms with Crippen LogP contribution in [-0.4, -0.2) is 69.5 Å². The highest BCUT2D eigenvalue weighted by molar-refractivity contribution is 7.89. The smallest absolute Gasteiger partial charge is 0.249 e. The summed E-state index contributed by atoms with van der Waals surface area (Å²) in [5, 5.41) is 3.24. The van der Waals surface area contributed by atoms with E-state index in [1.807, 2.05) is 26.1 Å². The molecule has 3 heterocycles. The minimum absolute atomic E-state index is 0.0266. The predicted octanol–water partition coefficient (Wildman–Crippen LogP) is 2.78. The highest BCUT2D eigenvalue weighted by Crippen LogP contribution is 2.38. The van der Waals surface area contributed by atoms with Crippen molar-refractivity contribution < 1.29 is 13.2 Å². The number of hydrogen-bond donors (Lipinski definition) is 2. The Kier molecular flexibility index (Phi) is 6.84. The number of anilines is 4. The molecule has 1 saturated heterocycles. The molecule has 0 aliphatic carbocycles. The van der Waals surface area contributed by atoms with Crippen LogP contribution in [0.15, 0.2) is 41.4 Å². The van der Waals surface area contributed by atoms with E-state index in [1.165, 1.54) is 0 Å². The van der Waals surface area contributed by atoms with Gasteiger partial charge in [0.2, 0.25) is 15.9 Å². The molecule has 34 heavy (non-hydrogen) atoms. The number of carbonyl (C=O) groups is 1. The fraction of sp³-hybridized carbons (Fsp3) is 0.500. The first-order valence-corrected chi connectivity index (χ1v) is 13.2. The number of nitrogens with one attached hydrogen (secondary N) is 2. The van der Waals surface area contributed by atoms with Crippen LogP contribution in [-0.2, 0) is 14.8 Å². The number of nitrogens with zero attached hydrogens (tertiary/aromatic N) is 4. The first kappa shape index (κ1) is 24.4. The van der Waals surface area contributed by atoms with Crippen molar-refractivity contribution >= 4 is 38.8 Å². The number of rotatable bonds is 6. The lowest BCUT2D eigenvalue weighted by Crippen LogP contribution is -2.53. The predicted molar refractivity (Wildman–Crippen MR) is 135 cm³/mol. The van der Waals surface area contributed by atoms with Gasteiger partial charge in [0.1, 0.15) is 11.9 Å². The van der Waals surface area contributed by atoms with Crippen LogP contribution in [0.4, 0.5) is 22.9 Å². The van der Waals surface area contributed by atoms with Crippen LogP contribution in [0, 0.1) is 0 Å². The molecule has 184 valence electrons. The van der Waals surface area contributed by atoms with Gasteiger partial charge in [-0.1, -0.05) is 6.07 Å². The van der Waals surface area contributed by atoms with Gasteiger partial charge >= 0.3 is 0 Å². The Labute approximate surface area is 202 Å². The molecule has 1 fully saturated rings. The van der Waals surface area contributed by atoms with Crippen LogP contribution >= 0.6 is 0 Å². The van der Waals surface area contributed by atoms with E-state index in [0.717, 1.165) is 37.3 Å². The molecule has 10 heteroatoms. The summed E-state index contributed by atoms with van der Waals surface area (Å²) < 4.78 is 28.8. The number of pyridine rings is 1. The number of benzene rings is 1. The highest BCUT2D eigenvalue weighted by atomic mass is 32.2. The van der Waals surface area contributed by atoms with Crippen LogP contribution < -0.4 is 19.8 Å². The average Bonchev–Trinajstić information content (AvgIpc) is 2.79. The van der Waals surface area contributed by atoms with Crippen molar-refractivity contribution in [2.75, 3.05) is 42.3 Å². The van der Waals surface area contributed by atoms with Crippen LogP contribution in [0.1, 0.15) is 33.6 Å². The fourth-order valence-corrected chi connectivity index (χ4v) is 6.08. The molecule has 2 aromatic rings. The Hall–Kier alpha value is -2.69. The second-order valence-electron chi connectivity index (χ2n) is 9.48. The normalized spacial score (nSPS) is 20.1. The first-order valence-electron chi connectivity index (χ1n) is 11.7. The number of carbonyl (C=O) groups excluding carboxylic acids is 1. The van der Waals surface area contributed by atoms with E-state index in [4.69, 9.17) is 0 Å². The maximum Gasteiger partial charge on any atom is 0.249 e. The van der Waals surface area contributed by atoms with Crippen molar-refractivity contribution in [1.82, 2.24) is 14.6 Å². The first-order chi connectivity index (χ1) is 16.1. The highest BCUT2D eigenvalue weighted by Gasteiger charge is 2.35. The van der Waals surface area contributed by atoms with Gasteiger partial charge in [-0.05, 0) is 71.9 Å². The topological polar surface area (TPSA) is 97.9 Å². The largest absolute Gasteiger partial charge is 0.355 e. The van der Waals surface area contributed by atoms with Gasteiger partial charge in [0.25, 0.3) is 0 Å². The number of sulfonamides is 1. The van der Waals surface area contributed by atoms with Gasteiger partial charge < -0.3 is 20.0 Å². The molecule has 4 rings (SSSR count). The molecule has 1 atom stereocenters. The zero-order valence-electron chi connectivity index (χ0n) is 20.4. The minimum Gasteiger partial charge on any atom is -0.355 e. The third kappa shape index (κ3) is 4.89. The van der Waals surface area contributed by atoms with Crippen LogP contribution in [0.25, 0.3) is 0 Å². The number of amides is 1. The van der Waals surface area contributed by atoms with Crippen molar-refractivity contribution in [1.29, 1.82) is 0 Å². The van der Waals surface area contributed by atoms with Gasteiger partial charge in [0.15, 0.2) is 0 Å². The van der Waals surface area contributed by atoms with Crippen LogP contribution in [0.5, 0.6) is 0 Å². The Morgan fingerprint density at radius 1 is 1.09 bits per heavy atom. The van der Waals surface area contributed by atoms with Gasteiger partial charge in [0.05, 0.1) is 22.5 Å². The minimum atomic E-state index is -3.63. The van der Waals surface area contributed by atoms with Crippen molar-refractivity contribution in [3.63, 3.8) is 0 Å². The monoisotopic (exact) mass is 486 g/mol. The van der Waals surface area contributed by atoms with Gasteiger partial charge in [0, 0.05) is 30.9 Å². The average molecular weight is 487 g/mol. The molecular weight excluding hydrogens is 452 g/mol. The van der Waals surface area contributed by atoms with E-state index >= 15 is 0 Å².